The number of sulfonamides is 1. The Kier molecular flexibility index (Phi) is 4.00. The Labute approximate surface area is 117 Å². The monoisotopic (exact) mass is 296 g/mol. The molecule has 0 radical (unpaired) electrons. The summed E-state index contributed by atoms with van der Waals surface area (Å²) in [6.07, 6.45) is 4.30. The van der Waals surface area contributed by atoms with Crippen molar-refractivity contribution in [3.63, 3.8) is 0 Å². The van der Waals surface area contributed by atoms with Crippen LogP contribution in [0.5, 0.6) is 0 Å². The molecule has 0 saturated carbocycles. The van der Waals surface area contributed by atoms with Gasteiger partial charge in [-0.3, -0.25) is 4.68 Å². The number of anilines is 1. The molecule has 2 rings (SSSR count). The molecule has 0 aromatic carbocycles. The fourth-order valence-corrected chi connectivity index (χ4v) is 2.56. The van der Waals surface area contributed by atoms with Gasteiger partial charge in [0.1, 0.15) is 4.90 Å². The van der Waals surface area contributed by atoms with Crippen LogP contribution in [-0.2, 0) is 23.6 Å². The van der Waals surface area contributed by atoms with Crippen LogP contribution in [0.2, 0.25) is 0 Å². The van der Waals surface area contributed by atoms with E-state index in [1.807, 2.05) is 6.92 Å². The average molecular weight is 296 g/mol. The largest absolute Gasteiger partial charge is 0.357 e. The summed E-state index contributed by atoms with van der Waals surface area (Å²) in [5.74, 6) is 0.368. The van der Waals surface area contributed by atoms with Crippen LogP contribution in [0.3, 0.4) is 0 Å². The Hall–Kier alpha value is -2.00. The Balaban J connectivity index is 2.12. The summed E-state index contributed by atoms with van der Waals surface area (Å²) in [6.45, 7) is 2.00. The second-order valence-electron chi connectivity index (χ2n) is 4.23. The summed E-state index contributed by atoms with van der Waals surface area (Å²) in [4.78, 5) is 7.79. The zero-order valence-electron chi connectivity index (χ0n) is 11.5. The number of hydrogen-bond donors (Lipinski definition) is 2. The topological polar surface area (TPSA) is 102 Å². The lowest BCUT2D eigenvalue weighted by Gasteiger charge is -2.06. The van der Waals surface area contributed by atoms with Crippen molar-refractivity contribution in [3.8, 4) is 0 Å². The van der Waals surface area contributed by atoms with Gasteiger partial charge in [-0.1, -0.05) is 0 Å². The molecule has 0 unspecified atom stereocenters. The molecule has 0 aliphatic rings. The first-order valence-corrected chi connectivity index (χ1v) is 7.39. The summed E-state index contributed by atoms with van der Waals surface area (Å²) >= 11 is 0. The quantitative estimate of drug-likeness (QED) is 0.807. The van der Waals surface area contributed by atoms with Gasteiger partial charge < -0.3 is 5.32 Å². The van der Waals surface area contributed by atoms with E-state index in [9.17, 15) is 8.42 Å². The highest BCUT2D eigenvalue weighted by molar-refractivity contribution is 7.89. The van der Waals surface area contributed by atoms with E-state index in [0.717, 1.165) is 11.3 Å². The number of rotatable bonds is 5. The maximum atomic E-state index is 12.1. The molecule has 0 atom stereocenters. The Morgan fingerprint density at radius 3 is 2.45 bits per heavy atom. The van der Waals surface area contributed by atoms with Crippen LogP contribution in [0.25, 0.3) is 0 Å². The van der Waals surface area contributed by atoms with Gasteiger partial charge in [-0.15, -0.1) is 0 Å². The van der Waals surface area contributed by atoms with Crippen molar-refractivity contribution in [2.24, 2.45) is 7.05 Å². The number of nitrogens with one attached hydrogen (secondary N) is 2. The first-order chi connectivity index (χ1) is 9.42. The van der Waals surface area contributed by atoms with Crippen molar-refractivity contribution < 1.29 is 8.42 Å². The third-order valence-electron chi connectivity index (χ3n) is 2.73. The fourth-order valence-electron chi connectivity index (χ4n) is 1.66. The maximum Gasteiger partial charge on any atom is 0.243 e. The first-order valence-electron chi connectivity index (χ1n) is 5.91. The normalized spacial score (nSPS) is 11.6. The van der Waals surface area contributed by atoms with Gasteiger partial charge in [0.2, 0.25) is 16.0 Å². The van der Waals surface area contributed by atoms with Crippen molar-refractivity contribution in [2.75, 3.05) is 12.4 Å². The van der Waals surface area contributed by atoms with E-state index in [2.05, 4.69) is 25.1 Å². The summed E-state index contributed by atoms with van der Waals surface area (Å²) in [7, 11) is -0.184. The van der Waals surface area contributed by atoms with Crippen LogP contribution in [0.15, 0.2) is 23.5 Å². The van der Waals surface area contributed by atoms with Crippen LogP contribution in [-0.4, -0.2) is 35.2 Å². The molecule has 0 aliphatic carbocycles. The summed E-state index contributed by atoms with van der Waals surface area (Å²) in [5.41, 5.74) is 1.61. The van der Waals surface area contributed by atoms with E-state index in [0.29, 0.717) is 5.95 Å². The molecule has 0 amide bonds. The minimum Gasteiger partial charge on any atom is -0.357 e. The molecule has 9 heteroatoms. The third kappa shape index (κ3) is 3.11. The van der Waals surface area contributed by atoms with E-state index >= 15 is 0 Å². The number of aryl methyl sites for hydroxylation is 2. The van der Waals surface area contributed by atoms with Gasteiger partial charge in [-0.05, 0) is 6.92 Å². The molecule has 0 bridgehead atoms. The highest BCUT2D eigenvalue weighted by Gasteiger charge is 2.16. The molecule has 2 heterocycles. The number of nitrogens with zero attached hydrogens (tertiary/aromatic N) is 4. The molecular weight excluding hydrogens is 280 g/mol. The molecule has 108 valence electrons. The molecule has 0 spiro atoms. The zero-order valence-corrected chi connectivity index (χ0v) is 12.3. The van der Waals surface area contributed by atoms with Gasteiger partial charge in [0.05, 0.1) is 18.1 Å². The van der Waals surface area contributed by atoms with Crippen LogP contribution in [0.4, 0.5) is 5.95 Å². The van der Waals surface area contributed by atoms with Gasteiger partial charge in [0.25, 0.3) is 0 Å². The Bertz CT molecular complexity index is 692. The van der Waals surface area contributed by atoms with Crippen molar-refractivity contribution >= 4 is 16.0 Å². The van der Waals surface area contributed by atoms with E-state index < -0.39 is 10.0 Å². The SMILES string of the molecule is CNc1ncc(S(=O)(=O)NCc2cn(C)nc2C)cn1. The summed E-state index contributed by atoms with van der Waals surface area (Å²) in [6, 6.07) is 0. The zero-order chi connectivity index (χ0) is 14.8. The second-order valence-corrected chi connectivity index (χ2v) is 6.00. The van der Waals surface area contributed by atoms with E-state index in [1.54, 1.807) is 25.0 Å². The molecule has 2 aromatic heterocycles. The minimum absolute atomic E-state index is 0.0260. The fraction of sp³-hybridized carbons (Fsp3) is 0.364. The van der Waals surface area contributed by atoms with Gasteiger partial charge in [-0.2, -0.15) is 5.10 Å². The third-order valence-corrected chi connectivity index (χ3v) is 4.09. The molecule has 0 fully saturated rings. The second kappa shape index (κ2) is 5.55. The molecule has 0 saturated heterocycles. The van der Waals surface area contributed by atoms with Gasteiger partial charge >= 0.3 is 0 Å². The molecule has 20 heavy (non-hydrogen) atoms. The van der Waals surface area contributed by atoms with Crippen molar-refractivity contribution in [1.29, 1.82) is 0 Å². The van der Waals surface area contributed by atoms with Crippen molar-refractivity contribution in [3.05, 3.63) is 29.8 Å². The lowest BCUT2D eigenvalue weighted by atomic mass is 10.3. The maximum absolute atomic E-state index is 12.1. The van der Waals surface area contributed by atoms with Crippen LogP contribution < -0.4 is 10.0 Å². The van der Waals surface area contributed by atoms with Crippen LogP contribution >= 0.6 is 0 Å². The smallest absolute Gasteiger partial charge is 0.243 e. The summed E-state index contributed by atoms with van der Waals surface area (Å²) in [5, 5.41) is 6.88. The molecule has 0 aliphatic heterocycles. The van der Waals surface area contributed by atoms with Crippen LogP contribution in [0.1, 0.15) is 11.3 Å². The number of hydrogen-bond acceptors (Lipinski definition) is 6. The summed E-state index contributed by atoms with van der Waals surface area (Å²) < 4.78 is 28.3. The first kappa shape index (κ1) is 14.4. The molecular formula is C11H16N6O2S. The Morgan fingerprint density at radius 1 is 1.30 bits per heavy atom. The minimum atomic E-state index is -3.63. The van der Waals surface area contributed by atoms with Crippen LogP contribution in [0, 0.1) is 6.92 Å². The standard InChI is InChI=1S/C11H16N6O2S/c1-8-9(7-17(3)16-8)4-15-20(18,19)10-5-13-11(12-2)14-6-10/h5-7,15H,4H2,1-3H3,(H,12,13,14). The number of aromatic nitrogens is 4. The van der Waals surface area contributed by atoms with Gasteiger partial charge in [0.15, 0.2) is 0 Å². The highest BCUT2D eigenvalue weighted by Crippen LogP contribution is 2.10. The van der Waals surface area contributed by atoms with Gasteiger partial charge in [-0.25, -0.2) is 23.1 Å². The van der Waals surface area contributed by atoms with E-state index in [4.69, 9.17) is 0 Å². The van der Waals surface area contributed by atoms with Crippen molar-refractivity contribution in [2.45, 2.75) is 18.4 Å². The Morgan fingerprint density at radius 2 is 1.95 bits per heavy atom. The highest BCUT2D eigenvalue weighted by atomic mass is 32.2. The van der Waals surface area contributed by atoms with E-state index in [1.165, 1.54) is 12.4 Å². The van der Waals surface area contributed by atoms with Gasteiger partial charge in [0, 0.05) is 32.4 Å². The predicted molar refractivity (Wildman–Crippen MR) is 73.5 cm³/mol. The van der Waals surface area contributed by atoms with E-state index in [-0.39, 0.29) is 11.4 Å². The molecule has 8 nitrogen and oxygen atoms in total. The molecule has 2 aromatic rings. The average Bonchev–Trinajstić information content (AvgIpc) is 2.75. The van der Waals surface area contributed by atoms with Crippen molar-refractivity contribution in [1.82, 2.24) is 24.5 Å². The lowest BCUT2D eigenvalue weighted by molar-refractivity contribution is 0.580. The predicted octanol–water partition coefficient (Wildman–Crippen LogP) is 0.0387. The lowest BCUT2D eigenvalue weighted by Crippen LogP contribution is -2.23. The molecule has 2 N–H and O–H groups in total.